The molecular formula is C6H16Cl2N2O. The predicted molar refractivity (Wildman–Crippen MR) is 50.8 cm³/mol. The van der Waals surface area contributed by atoms with Crippen molar-refractivity contribution in [2.75, 3.05) is 20.1 Å². The van der Waals surface area contributed by atoms with Crippen LogP contribution in [0.3, 0.4) is 0 Å². The van der Waals surface area contributed by atoms with Gasteiger partial charge in [-0.3, -0.25) is 0 Å². The quantitative estimate of drug-likeness (QED) is 0.581. The van der Waals surface area contributed by atoms with Crippen molar-refractivity contribution in [3.63, 3.8) is 0 Å². The Bertz CT molecular complexity index is 92.7. The Labute approximate surface area is 79.8 Å². The molecule has 11 heavy (non-hydrogen) atoms. The lowest BCUT2D eigenvalue weighted by molar-refractivity contribution is 0.193. The molecule has 0 spiro atoms. The second kappa shape index (κ2) is 7.13. The van der Waals surface area contributed by atoms with Crippen molar-refractivity contribution in [3.05, 3.63) is 0 Å². The average Bonchev–Trinajstić information content (AvgIpc) is 2.17. The molecule has 0 amide bonds. The van der Waals surface area contributed by atoms with Crippen LogP contribution in [0.5, 0.6) is 0 Å². The Kier molecular flexibility index (Phi) is 9.08. The predicted octanol–water partition coefficient (Wildman–Crippen LogP) is -0.228. The summed E-state index contributed by atoms with van der Waals surface area (Å²) < 4.78 is 0. The third kappa shape index (κ3) is 4.82. The first kappa shape index (κ1) is 14.0. The minimum Gasteiger partial charge on any atom is -0.392 e. The summed E-state index contributed by atoms with van der Waals surface area (Å²) in [6.45, 7) is 1.71. The first-order chi connectivity index (χ1) is 4.33. The summed E-state index contributed by atoms with van der Waals surface area (Å²) in [5.74, 6) is 0. The normalized spacial score (nSPS) is 28.9. The van der Waals surface area contributed by atoms with Crippen molar-refractivity contribution in [1.29, 1.82) is 0 Å². The molecule has 1 aliphatic rings. The summed E-state index contributed by atoms with van der Waals surface area (Å²) in [7, 11) is 1.92. The molecule has 2 unspecified atom stereocenters. The highest BCUT2D eigenvalue weighted by Gasteiger charge is 2.20. The van der Waals surface area contributed by atoms with Crippen LogP contribution in [0.4, 0.5) is 0 Å². The fourth-order valence-electron chi connectivity index (χ4n) is 1.20. The highest BCUT2D eigenvalue weighted by atomic mass is 35.5. The summed E-state index contributed by atoms with van der Waals surface area (Å²) in [6.07, 6.45) is 0.768. The van der Waals surface area contributed by atoms with Crippen LogP contribution in [0.15, 0.2) is 0 Å². The maximum absolute atomic E-state index is 9.04. The number of hydrogen-bond acceptors (Lipinski definition) is 3. The zero-order valence-corrected chi connectivity index (χ0v) is 8.17. The van der Waals surface area contributed by atoms with E-state index in [1.165, 1.54) is 0 Å². The monoisotopic (exact) mass is 202 g/mol. The van der Waals surface area contributed by atoms with E-state index in [0.717, 1.165) is 19.5 Å². The van der Waals surface area contributed by atoms with E-state index in [1.54, 1.807) is 0 Å². The van der Waals surface area contributed by atoms with Gasteiger partial charge in [-0.25, -0.2) is 0 Å². The minimum absolute atomic E-state index is 0. The van der Waals surface area contributed by atoms with E-state index in [0.29, 0.717) is 6.04 Å². The number of halogens is 2. The summed E-state index contributed by atoms with van der Waals surface area (Å²) in [5, 5.41) is 15.3. The average molecular weight is 203 g/mol. The van der Waals surface area contributed by atoms with Gasteiger partial charge in [0.05, 0.1) is 6.10 Å². The zero-order chi connectivity index (χ0) is 6.69. The van der Waals surface area contributed by atoms with E-state index >= 15 is 0 Å². The second-order valence-electron chi connectivity index (χ2n) is 2.55. The summed E-state index contributed by atoms with van der Waals surface area (Å²) >= 11 is 0. The van der Waals surface area contributed by atoms with Crippen LogP contribution in [0.25, 0.3) is 0 Å². The van der Waals surface area contributed by atoms with E-state index in [4.69, 9.17) is 5.11 Å². The van der Waals surface area contributed by atoms with Gasteiger partial charge in [-0.2, -0.15) is 0 Å². The molecule has 1 heterocycles. The molecule has 0 aromatic rings. The molecule has 0 aliphatic carbocycles. The largest absolute Gasteiger partial charge is 0.392 e. The lowest BCUT2D eigenvalue weighted by Gasteiger charge is -2.06. The van der Waals surface area contributed by atoms with Gasteiger partial charge in [0.25, 0.3) is 0 Å². The fraction of sp³-hybridized carbons (Fsp3) is 1.00. The lowest BCUT2D eigenvalue weighted by atomic mass is 10.2. The second-order valence-corrected chi connectivity index (χ2v) is 2.55. The Morgan fingerprint density at radius 3 is 2.55 bits per heavy atom. The Hall–Kier alpha value is 0.460. The van der Waals surface area contributed by atoms with Gasteiger partial charge in [-0.05, 0) is 13.5 Å². The third-order valence-electron chi connectivity index (χ3n) is 1.65. The standard InChI is InChI=1S/C6H14N2O.2ClH/c1-7-3-5-2-6(9)4-8-5;;/h5-9H,2-4H2,1H3;2*1H. The van der Waals surface area contributed by atoms with Gasteiger partial charge in [-0.15, -0.1) is 24.8 Å². The molecule has 0 saturated carbocycles. The number of β-amino-alcohol motifs (C(OH)–C–C–N with tert-alkyl or cyclic N) is 1. The Morgan fingerprint density at radius 1 is 1.55 bits per heavy atom. The van der Waals surface area contributed by atoms with Crippen molar-refractivity contribution in [3.8, 4) is 0 Å². The zero-order valence-electron chi connectivity index (χ0n) is 6.54. The minimum atomic E-state index is -0.122. The first-order valence-electron chi connectivity index (χ1n) is 3.39. The Balaban J connectivity index is 0. The van der Waals surface area contributed by atoms with Gasteiger partial charge < -0.3 is 15.7 Å². The number of nitrogens with one attached hydrogen (secondary N) is 2. The summed E-state index contributed by atoms with van der Waals surface area (Å²) in [5.41, 5.74) is 0. The molecule has 2 atom stereocenters. The van der Waals surface area contributed by atoms with E-state index in [2.05, 4.69) is 10.6 Å². The number of hydrogen-bond donors (Lipinski definition) is 3. The molecule has 1 rings (SSSR count). The van der Waals surface area contributed by atoms with Crippen LogP contribution < -0.4 is 10.6 Å². The van der Waals surface area contributed by atoms with Crippen molar-refractivity contribution < 1.29 is 5.11 Å². The van der Waals surface area contributed by atoms with E-state index < -0.39 is 0 Å². The van der Waals surface area contributed by atoms with E-state index in [9.17, 15) is 0 Å². The van der Waals surface area contributed by atoms with E-state index in [1.807, 2.05) is 7.05 Å². The van der Waals surface area contributed by atoms with Gasteiger partial charge >= 0.3 is 0 Å². The van der Waals surface area contributed by atoms with Gasteiger partial charge in [0.2, 0.25) is 0 Å². The summed E-state index contributed by atoms with van der Waals surface area (Å²) in [6, 6.07) is 0.477. The summed E-state index contributed by atoms with van der Waals surface area (Å²) in [4.78, 5) is 0. The maximum Gasteiger partial charge on any atom is 0.0680 e. The van der Waals surface area contributed by atoms with Crippen LogP contribution in [-0.2, 0) is 0 Å². The van der Waals surface area contributed by atoms with Crippen molar-refractivity contribution in [2.24, 2.45) is 0 Å². The van der Waals surface area contributed by atoms with Crippen LogP contribution in [0, 0.1) is 0 Å². The van der Waals surface area contributed by atoms with Crippen molar-refractivity contribution in [2.45, 2.75) is 18.6 Å². The molecule has 5 heteroatoms. The SMILES string of the molecule is CNCC1CC(O)CN1.Cl.Cl. The van der Waals surface area contributed by atoms with Crippen molar-refractivity contribution in [1.82, 2.24) is 10.6 Å². The molecule has 0 bridgehead atoms. The number of aliphatic hydroxyl groups is 1. The Morgan fingerprint density at radius 2 is 2.18 bits per heavy atom. The highest BCUT2D eigenvalue weighted by molar-refractivity contribution is 5.85. The maximum atomic E-state index is 9.04. The number of rotatable bonds is 2. The van der Waals surface area contributed by atoms with Crippen LogP contribution in [-0.4, -0.2) is 37.4 Å². The van der Waals surface area contributed by atoms with Crippen LogP contribution in [0.2, 0.25) is 0 Å². The van der Waals surface area contributed by atoms with Crippen LogP contribution in [0.1, 0.15) is 6.42 Å². The van der Waals surface area contributed by atoms with Gasteiger partial charge in [0, 0.05) is 19.1 Å². The van der Waals surface area contributed by atoms with Crippen molar-refractivity contribution >= 4 is 24.8 Å². The fourth-order valence-corrected chi connectivity index (χ4v) is 1.20. The number of aliphatic hydroxyl groups excluding tert-OH is 1. The number of likely N-dealkylation sites (N-methyl/N-ethyl adjacent to an activating group) is 1. The third-order valence-corrected chi connectivity index (χ3v) is 1.65. The molecule has 0 radical (unpaired) electrons. The highest BCUT2D eigenvalue weighted by Crippen LogP contribution is 2.03. The molecule has 0 aromatic heterocycles. The topological polar surface area (TPSA) is 44.3 Å². The molecule has 0 aromatic carbocycles. The van der Waals surface area contributed by atoms with Gasteiger partial charge in [0.1, 0.15) is 0 Å². The molecule has 1 aliphatic heterocycles. The van der Waals surface area contributed by atoms with Gasteiger partial charge in [0.15, 0.2) is 0 Å². The van der Waals surface area contributed by atoms with Crippen LogP contribution >= 0.6 is 24.8 Å². The molecular weight excluding hydrogens is 187 g/mol. The molecule has 1 fully saturated rings. The molecule has 1 saturated heterocycles. The molecule has 70 valence electrons. The first-order valence-corrected chi connectivity index (χ1v) is 3.39. The van der Waals surface area contributed by atoms with Gasteiger partial charge in [-0.1, -0.05) is 0 Å². The molecule has 3 N–H and O–H groups in total. The molecule has 3 nitrogen and oxygen atoms in total. The van der Waals surface area contributed by atoms with E-state index in [-0.39, 0.29) is 30.9 Å². The smallest absolute Gasteiger partial charge is 0.0680 e. The lowest BCUT2D eigenvalue weighted by Crippen LogP contribution is -2.31.